The van der Waals surface area contributed by atoms with Gasteiger partial charge in [-0.05, 0) is 31.1 Å². The molecule has 20 heavy (non-hydrogen) atoms. The maximum atomic E-state index is 12.2. The maximum Gasteiger partial charge on any atom is 0.226 e. The quantitative estimate of drug-likeness (QED) is 0.757. The lowest BCUT2D eigenvalue weighted by Gasteiger charge is -2.34. The topological polar surface area (TPSA) is 83.5 Å². The summed E-state index contributed by atoms with van der Waals surface area (Å²) < 4.78 is 0. The molecule has 0 aromatic heterocycles. The summed E-state index contributed by atoms with van der Waals surface area (Å²) in [6.45, 7) is 4.01. The zero-order chi connectivity index (χ0) is 14.9. The van der Waals surface area contributed by atoms with Crippen LogP contribution in [0.15, 0.2) is 0 Å². The lowest BCUT2D eigenvalue weighted by atomic mass is 9.71. The highest BCUT2D eigenvalue weighted by Gasteiger charge is 2.38. The number of aliphatic hydroxyl groups is 1. The molecule has 1 unspecified atom stereocenters. The molecule has 112 valence electrons. The molecule has 2 amide bonds. The molecule has 5 nitrogen and oxygen atoms in total. The molecule has 1 saturated heterocycles. The van der Waals surface area contributed by atoms with Gasteiger partial charge in [0.05, 0.1) is 6.10 Å². The van der Waals surface area contributed by atoms with Gasteiger partial charge in [0.25, 0.3) is 0 Å². The number of rotatable bonds is 3. The number of hydrogen-bond donors (Lipinski definition) is 2. The number of imide groups is 1. The van der Waals surface area contributed by atoms with Crippen LogP contribution in [0.5, 0.6) is 0 Å². The first kappa shape index (κ1) is 15.2. The van der Waals surface area contributed by atoms with Gasteiger partial charge in [0.2, 0.25) is 11.8 Å². The number of nitrogens with one attached hydrogen (secondary N) is 1. The van der Waals surface area contributed by atoms with Crippen LogP contribution in [-0.2, 0) is 14.4 Å². The Hall–Kier alpha value is -1.23. The van der Waals surface area contributed by atoms with Crippen molar-refractivity contribution in [3.63, 3.8) is 0 Å². The first-order valence-corrected chi connectivity index (χ1v) is 7.41. The number of aliphatic hydroxyl groups excluding tert-OH is 1. The van der Waals surface area contributed by atoms with Crippen molar-refractivity contribution in [1.82, 2.24) is 5.32 Å². The zero-order valence-corrected chi connectivity index (χ0v) is 12.1. The van der Waals surface area contributed by atoms with E-state index in [9.17, 15) is 19.5 Å². The molecule has 1 aliphatic heterocycles. The second-order valence-electron chi connectivity index (χ2n) is 6.54. The summed E-state index contributed by atoms with van der Waals surface area (Å²) in [6, 6.07) is 0. The first-order chi connectivity index (χ1) is 9.36. The van der Waals surface area contributed by atoms with Crippen LogP contribution < -0.4 is 5.32 Å². The van der Waals surface area contributed by atoms with Gasteiger partial charge in [-0.2, -0.15) is 0 Å². The van der Waals surface area contributed by atoms with E-state index in [4.69, 9.17) is 0 Å². The van der Waals surface area contributed by atoms with Gasteiger partial charge in [0, 0.05) is 24.7 Å². The van der Waals surface area contributed by atoms with Crippen molar-refractivity contribution >= 4 is 17.6 Å². The van der Waals surface area contributed by atoms with E-state index in [0.717, 1.165) is 6.42 Å². The number of piperidine rings is 1. The molecule has 2 N–H and O–H groups in total. The summed E-state index contributed by atoms with van der Waals surface area (Å²) in [6.07, 6.45) is 1.72. The molecule has 1 aliphatic carbocycles. The molecule has 5 heteroatoms. The van der Waals surface area contributed by atoms with Crippen LogP contribution in [0.1, 0.15) is 46.0 Å². The second kappa shape index (κ2) is 6.04. The maximum absolute atomic E-state index is 12.2. The van der Waals surface area contributed by atoms with Crippen LogP contribution in [0.2, 0.25) is 0 Å². The predicted molar refractivity (Wildman–Crippen MR) is 72.6 cm³/mol. The van der Waals surface area contributed by atoms with Crippen LogP contribution in [0.3, 0.4) is 0 Å². The Morgan fingerprint density at radius 3 is 2.35 bits per heavy atom. The fraction of sp³-hybridized carbons (Fsp3) is 0.800. The van der Waals surface area contributed by atoms with Crippen molar-refractivity contribution in [3.8, 4) is 0 Å². The number of carbonyl (C=O) groups is 3. The van der Waals surface area contributed by atoms with E-state index in [1.807, 2.05) is 6.92 Å². The number of hydrogen-bond acceptors (Lipinski definition) is 4. The van der Waals surface area contributed by atoms with Gasteiger partial charge in [0.1, 0.15) is 5.78 Å². The molecule has 2 rings (SSSR count). The van der Waals surface area contributed by atoms with E-state index >= 15 is 0 Å². The average molecular weight is 281 g/mol. The number of amides is 2. The summed E-state index contributed by atoms with van der Waals surface area (Å²) in [7, 11) is 0. The Bertz CT molecular complexity index is 404. The molecule has 2 fully saturated rings. The zero-order valence-electron chi connectivity index (χ0n) is 12.1. The summed E-state index contributed by atoms with van der Waals surface area (Å²) in [4.78, 5) is 34.8. The minimum absolute atomic E-state index is 0.00492. The summed E-state index contributed by atoms with van der Waals surface area (Å²) in [5, 5.41) is 12.6. The van der Waals surface area contributed by atoms with Crippen molar-refractivity contribution in [1.29, 1.82) is 0 Å². The van der Waals surface area contributed by atoms with E-state index in [1.165, 1.54) is 0 Å². The van der Waals surface area contributed by atoms with Crippen molar-refractivity contribution in [2.75, 3.05) is 0 Å². The highest BCUT2D eigenvalue weighted by Crippen LogP contribution is 2.34. The van der Waals surface area contributed by atoms with Gasteiger partial charge in [-0.25, -0.2) is 0 Å². The van der Waals surface area contributed by atoms with Gasteiger partial charge in [-0.15, -0.1) is 0 Å². The van der Waals surface area contributed by atoms with E-state index < -0.39 is 6.10 Å². The Balaban J connectivity index is 1.96. The fourth-order valence-corrected chi connectivity index (χ4v) is 3.60. The Kier molecular flexibility index (Phi) is 4.58. The lowest BCUT2D eigenvalue weighted by molar-refractivity contribution is -0.136. The Morgan fingerprint density at radius 1 is 1.15 bits per heavy atom. The van der Waals surface area contributed by atoms with Crippen molar-refractivity contribution in [2.24, 2.45) is 23.7 Å². The number of carbonyl (C=O) groups excluding carboxylic acids is 3. The third-order valence-electron chi connectivity index (χ3n) is 4.53. The van der Waals surface area contributed by atoms with Gasteiger partial charge < -0.3 is 5.11 Å². The van der Waals surface area contributed by atoms with Crippen LogP contribution in [0.4, 0.5) is 0 Å². The van der Waals surface area contributed by atoms with E-state index in [1.54, 1.807) is 0 Å². The van der Waals surface area contributed by atoms with Gasteiger partial charge in [-0.1, -0.05) is 13.8 Å². The normalized spacial score (nSPS) is 34.0. The monoisotopic (exact) mass is 281 g/mol. The largest absolute Gasteiger partial charge is 0.392 e. The fourth-order valence-electron chi connectivity index (χ4n) is 3.60. The highest BCUT2D eigenvalue weighted by atomic mass is 16.3. The average Bonchev–Trinajstić information content (AvgIpc) is 2.32. The SMILES string of the molecule is C[C@@H]1C[C@@H](C(O)CC2CC(=O)NC(=O)C2)C(=O)[C@@H](C)C1. The van der Waals surface area contributed by atoms with Gasteiger partial charge >= 0.3 is 0 Å². The summed E-state index contributed by atoms with van der Waals surface area (Å²) in [5.74, 6) is -0.499. The van der Waals surface area contributed by atoms with Crippen molar-refractivity contribution in [3.05, 3.63) is 0 Å². The number of ketones is 1. The molecule has 4 atom stereocenters. The Labute approximate surface area is 119 Å². The second-order valence-corrected chi connectivity index (χ2v) is 6.54. The van der Waals surface area contributed by atoms with E-state index in [0.29, 0.717) is 18.8 Å². The first-order valence-electron chi connectivity index (χ1n) is 7.41. The predicted octanol–water partition coefficient (Wildman–Crippen LogP) is 1.04. The van der Waals surface area contributed by atoms with Gasteiger partial charge in [0.15, 0.2) is 0 Å². The smallest absolute Gasteiger partial charge is 0.226 e. The van der Waals surface area contributed by atoms with Crippen LogP contribution >= 0.6 is 0 Å². The molecular weight excluding hydrogens is 258 g/mol. The minimum Gasteiger partial charge on any atom is -0.392 e. The summed E-state index contributed by atoms with van der Waals surface area (Å²) in [5.41, 5.74) is 0. The van der Waals surface area contributed by atoms with Gasteiger partial charge in [-0.3, -0.25) is 19.7 Å². The van der Waals surface area contributed by atoms with Crippen LogP contribution in [-0.4, -0.2) is 28.8 Å². The molecule has 1 saturated carbocycles. The Morgan fingerprint density at radius 2 is 1.75 bits per heavy atom. The highest BCUT2D eigenvalue weighted by molar-refractivity contribution is 5.97. The molecule has 1 heterocycles. The molecule has 0 radical (unpaired) electrons. The van der Waals surface area contributed by atoms with Crippen molar-refractivity contribution < 1.29 is 19.5 Å². The molecule has 0 aromatic carbocycles. The lowest BCUT2D eigenvalue weighted by Crippen LogP contribution is -2.42. The van der Waals surface area contributed by atoms with Crippen LogP contribution in [0.25, 0.3) is 0 Å². The minimum atomic E-state index is -0.739. The third-order valence-corrected chi connectivity index (χ3v) is 4.53. The van der Waals surface area contributed by atoms with Crippen molar-refractivity contribution in [2.45, 2.75) is 52.1 Å². The number of Topliss-reactive ketones (excluding diaryl/α,β-unsaturated/α-hetero) is 1. The van der Waals surface area contributed by atoms with E-state index in [2.05, 4.69) is 12.2 Å². The molecular formula is C15H23NO4. The third kappa shape index (κ3) is 3.45. The molecule has 0 aromatic rings. The van der Waals surface area contributed by atoms with Crippen LogP contribution in [0, 0.1) is 23.7 Å². The summed E-state index contributed by atoms with van der Waals surface area (Å²) >= 11 is 0. The standard InChI is InChI=1S/C15H23NO4/c1-8-3-9(2)15(20)11(4-8)12(17)5-10-6-13(18)16-14(19)7-10/h8-12,17H,3-7H2,1-2H3,(H,16,18,19)/t8-,9-,11-,12?/m0/s1. The van der Waals surface area contributed by atoms with E-state index in [-0.39, 0.29) is 48.2 Å². The molecule has 0 bridgehead atoms. The molecule has 0 spiro atoms. The molecule has 2 aliphatic rings.